The number of ether oxygens (including phenoxy) is 1. The Kier molecular flexibility index (Phi) is 8.87. The molecule has 0 aromatic rings. The molecule has 0 aliphatic carbocycles. The molecule has 0 N–H and O–H groups in total. The molecule has 0 unspecified atom stereocenters. The highest BCUT2D eigenvalue weighted by atomic mass is 16.5. The predicted molar refractivity (Wildman–Crippen MR) is 47.5 cm³/mol. The van der Waals surface area contributed by atoms with Gasteiger partial charge >= 0.3 is 0 Å². The van der Waals surface area contributed by atoms with Crippen molar-refractivity contribution in [2.45, 2.75) is 19.3 Å². The lowest BCUT2D eigenvalue weighted by atomic mass is 10.3. The van der Waals surface area contributed by atoms with Gasteiger partial charge in [0.25, 0.3) is 0 Å². The largest absolute Gasteiger partial charge is 0.380 e. The quantitative estimate of drug-likeness (QED) is 0.188. The van der Waals surface area contributed by atoms with E-state index in [1.54, 1.807) is 0 Å². The molecule has 0 aromatic heterocycles. The molecule has 0 aliphatic heterocycles. The van der Waals surface area contributed by atoms with Crippen molar-refractivity contribution in [3.05, 3.63) is 10.4 Å². The van der Waals surface area contributed by atoms with Crippen molar-refractivity contribution in [1.82, 2.24) is 0 Å². The molecule has 0 heterocycles. The molecule has 12 heavy (non-hydrogen) atoms. The second kappa shape index (κ2) is 9.83. The summed E-state index contributed by atoms with van der Waals surface area (Å²) < 4.78 is 5.18. The van der Waals surface area contributed by atoms with E-state index in [2.05, 4.69) is 15.9 Å². The van der Waals surface area contributed by atoms with E-state index >= 15 is 0 Å². The van der Waals surface area contributed by atoms with Crippen LogP contribution in [0.1, 0.15) is 19.3 Å². The van der Waals surface area contributed by atoms with Crippen LogP contribution >= 0.6 is 0 Å². The minimum atomic E-state index is 0.551. The number of rotatable bonds is 7. The van der Waals surface area contributed by atoms with Crippen LogP contribution < -0.4 is 0 Å². The van der Waals surface area contributed by atoms with E-state index in [0.29, 0.717) is 26.2 Å². The molecule has 0 spiro atoms. The van der Waals surface area contributed by atoms with Gasteiger partial charge in [0.05, 0.1) is 6.61 Å². The molecule has 0 rings (SSSR count). The Balaban J connectivity index is 2.91. The first-order valence-electron chi connectivity index (χ1n) is 3.94. The fraction of sp³-hybridized carbons (Fsp3) is 0.750. The maximum absolute atomic E-state index is 7.94. The minimum absolute atomic E-state index is 0.551. The highest BCUT2D eigenvalue weighted by Gasteiger charge is 1.87. The van der Waals surface area contributed by atoms with E-state index in [1.165, 1.54) is 0 Å². The third kappa shape index (κ3) is 8.83. The molecule has 0 saturated carbocycles. The molecule has 0 radical (unpaired) electrons. The van der Waals surface area contributed by atoms with Crippen LogP contribution in [-0.2, 0) is 4.74 Å². The molecule has 0 saturated heterocycles. The Morgan fingerprint density at radius 1 is 1.42 bits per heavy atom. The topological polar surface area (TPSA) is 58.0 Å². The average Bonchev–Trinajstić information content (AvgIpc) is 2.10. The van der Waals surface area contributed by atoms with E-state index in [9.17, 15) is 0 Å². The van der Waals surface area contributed by atoms with Gasteiger partial charge in [-0.25, -0.2) is 0 Å². The number of azide groups is 1. The average molecular weight is 167 g/mol. The first-order valence-corrected chi connectivity index (χ1v) is 3.94. The zero-order valence-corrected chi connectivity index (χ0v) is 7.07. The molecule has 0 bridgehead atoms. The zero-order valence-electron chi connectivity index (χ0n) is 7.07. The normalized spacial score (nSPS) is 8.58. The lowest BCUT2D eigenvalue weighted by molar-refractivity contribution is 0.136. The van der Waals surface area contributed by atoms with Gasteiger partial charge in [0, 0.05) is 24.5 Å². The third-order valence-electron chi connectivity index (χ3n) is 1.25. The number of hydrogen-bond donors (Lipinski definition) is 0. The minimum Gasteiger partial charge on any atom is -0.380 e. The molecule has 4 nitrogen and oxygen atoms in total. The Hall–Kier alpha value is -1.17. The van der Waals surface area contributed by atoms with Crippen LogP contribution in [0.3, 0.4) is 0 Å². The van der Waals surface area contributed by atoms with Crippen LogP contribution in [0.25, 0.3) is 10.4 Å². The van der Waals surface area contributed by atoms with Crippen LogP contribution in [0.15, 0.2) is 5.11 Å². The summed E-state index contributed by atoms with van der Waals surface area (Å²) in [5.74, 6) is 2.49. The predicted octanol–water partition coefficient (Wildman–Crippen LogP) is 2.12. The first-order chi connectivity index (χ1) is 5.91. The Bertz CT molecular complexity index is 179. The van der Waals surface area contributed by atoms with E-state index in [-0.39, 0.29) is 0 Å². The van der Waals surface area contributed by atoms with Gasteiger partial charge in [0.1, 0.15) is 0 Å². The zero-order chi connectivity index (χ0) is 9.07. The van der Waals surface area contributed by atoms with Crippen LogP contribution in [0, 0.1) is 12.3 Å². The summed E-state index contributed by atoms with van der Waals surface area (Å²) in [6.07, 6.45) is 7.48. The van der Waals surface area contributed by atoms with Gasteiger partial charge in [-0.15, -0.1) is 12.3 Å². The molecule has 0 aliphatic rings. The summed E-state index contributed by atoms with van der Waals surface area (Å²) >= 11 is 0. The highest BCUT2D eigenvalue weighted by molar-refractivity contribution is 4.82. The fourth-order valence-corrected chi connectivity index (χ4v) is 0.665. The van der Waals surface area contributed by atoms with E-state index in [0.717, 1.165) is 12.8 Å². The smallest absolute Gasteiger partial charge is 0.0575 e. The molecule has 0 atom stereocenters. The second-order valence-corrected chi connectivity index (χ2v) is 2.23. The van der Waals surface area contributed by atoms with Gasteiger partial charge in [-0.2, -0.15) is 0 Å². The maximum atomic E-state index is 7.94. The molecule has 0 fully saturated rings. The van der Waals surface area contributed by atoms with Crippen molar-refractivity contribution in [2.75, 3.05) is 19.8 Å². The number of terminal acetylenes is 1. The maximum Gasteiger partial charge on any atom is 0.0575 e. The van der Waals surface area contributed by atoms with E-state index in [1.807, 2.05) is 0 Å². The first kappa shape index (κ1) is 10.8. The highest BCUT2D eigenvalue weighted by Crippen LogP contribution is 1.91. The lowest BCUT2D eigenvalue weighted by Gasteiger charge is -1.99. The van der Waals surface area contributed by atoms with Crippen LogP contribution in [0.5, 0.6) is 0 Å². The van der Waals surface area contributed by atoms with Crippen molar-refractivity contribution in [3.8, 4) is 12.3 Å². The lowest BCUT2D eigenvalue weighted by Crippen LogP contribution is -1.96. The van der Waals surface area contributed by atoms with E-state index in [4.69, 9.17) is 16.7 Å². The summed E-state index contributed by atoms with van der Waals surface area (Å²) in [5, 5.41) is 3.40. The monoisotopic (exact) mass is 167 g/mol. The standard InChI is InChI=1S/C8H13N3O/c1-2-3-7-12-8-5-4-6-10-11-9/h1H,3-8H2. The summed E-state index contributed by atoms with van der Waals surface area (Å²) in [4.78, 5) is 2.64. The van der Waals surface area contributed by atoms with Crippen molar-refractivity contribution in [2.24, 2.45) is 5.11 Å². The summed E-state index contributed by atoms with van der Waals surface area (Å²) in [7, 11) is 0. The van der Waals surface area contributed by atoms with Crippen molar-refractivity contribution >= 4 is 0 Å². The Morgan fingerprint density at radius 3 is 2.92 bits per heavy atom. The second-order valence-electron chi connectivity index (χ2n) is 2.23. The Labute approximate surface area is 72.5 Å². The SMILES string of the molecule is C#CCCOCCCCN=[N+]=[N-]. The molecular weight excluding hydrogens is 154 g/mol. The number of hydrogen-bond acceptors (Lipinski definition) is 2. The van der Waals surface area contributed by atoms with Gasteiger partial charge in [0.2, 0.25) is 0 Å². The summed E-state index contributed by atoms with van der Waals surface area (Å²) in [6.45, 7) is 1.87. The summed E-state index contributed by atoms with van der Waals surface area (Å²) in [5.41, 5.74) is 7.94. The molecule has 4 heteroatoms. The molecule has 0 aromatic carbocycles. The van der Waals surface area contributed by atoms with Crippen molar-refractivity contribution in [3.63, 3.8) is 0 Å². The number of nitrogens with zero attached hydrogens (tertiary/aromatic N) is 3. The van der Waals surface area contributed by atoms with Crippen molar-refractivity contribution < 1.29 is 4.74 Å². The summed E-state index contributed by atoms with van der Waals surface area (Å²) in [6, 6.07) is 0. The third-order valence-corrected chi connectivity index (χ3v) is 1.25. The van der Waals surface area contributed by atoms with Gasteiger partial charge in [0.15, 0.2) is 0 Å². The van der Waals surface area contributed by atoms with Crippen molar-refractivity contribution in [1.29, 1.82) is 0 Å². The molecular formula is C8H13N3O. The van der Waals surface area contributed by atoms with Gasteiger partial charge in [-0.1, -0.05) is 5.11 Å². The van der Waals surface area contributed by atoms with E-state index < -0.39 is 0 Å². The van der Waals surface area contributed by atoms with Gasteiger partial charge in [-0.05, 0) is 18.4 Å². The fourth-order valence-electron chi connectivity index (χ4n) is 0.665. The van der Waals surface area contributed by atoms with Crippen LogP contribution in [0.2, 0.25) is 0 Å². The van der Waals surface area contributed by atoms with Gasteiger partial charge in [-0.3, -0.25) is 0 Å². The number of unbranched alkanes of at least 4 members (excludes halogenated alkanes) is 1. The van der Waals surface area contributed by atoms with Crippen LogP contribution in [0.4, 0.5) is 0 Å². The molecule has 66 valence electrons. The molecule has 0 amide bonds. The Morgan fingerprint density at radius 2 is 2.25 bits per heavy atom. The van der Waals surface area contributed by atoms with Crippen LogP contribution in [-0.4, -0.2) is 19.8 Å². The van der Waals surface area contributed by atoms with Gasteiger partial charge < -0.3 is 4.74 Å².